The molecule has 6 heteroatoms. The lowest BCUT2D eigenvalue weighted by atomic mass is 10.0. The van der Waals surface area contributed by atoms with Crippen molar-refractivity contribution in [3.8, 4) is 0 Å². The summed E-state index contributed by atoms with van der Waals surface area (Å²) >= 11 is 0. The van der Waals surface area contributed by atoms with E-state index in [1.807, 2.05) is 6.92 Å². The van der Waals surface area contributed by atoms with E-state index >= 15 is 0 Å². The summed E-state index contributed by atoms with van der Waals surface area (Å²) in [5, 5.41) is 6.15. The van der Waals surface area contributed by atoms with Crippen molar-refractivity contribution in [2.45, 2.75) is 25.9 Å². The third kappa shape index (κ3) is 3.77. The fraction of sp³-hybridized carbons (Fsp3) is 0.889. The molecule has 6 nitrogen and oxygen atoms in total. The molecule has 1 saturated heterocycles. The third-order valence-corrected chi connectivity index (χ3v) is 2.44. The number of amides is 1. The van der Waals surface area contributed by atoms with Crippen LogP contribution >= 0.6 is 0 Å². The molecule has 1 rings (SSSR count). The van der Waals surface area contributed by atoms with Crippen LogP contribution in [0.15, 0.2) is 5.11 Å². The van der Waals surface area contributed by atoms with Gasteiger partial charge in [0.2, 0.25) is 5.91 Å². The van der Waals surface area contributed by atoms with Crippen molar-refractivity contribution < 1.29 is 9.53 Å². The lowest BCUT2D eigenvalue weighted by Crippen LogP contribution is -2.37. The Morgan fingerprint density at radius 2 is 2.53 bits per heavy atom. The first-order valence-electron chi connectivity index (χ1n) is 5.16. The minimum Gasteiger partial charge on any atom is -0.368 e. The molecule has 1 aliphatic rings. The highest BCUT2D eigenvalue weighted by molar-refractivity contribution is 5.81. The van der Waals surface area contributed by atoms with Crippen molar-refractivity contribution in [3.05, 3.63) is 10.4 Å². The first kappa shape index (κ1) is 11.8. The maximum absolute atomic E-state index is 11.5. The molecule has 1 amide bonds. The second-order valence-corrected chi connectivity index (χ2v) is 3.66. The predicted octanol–water partition coefficient (Wildman–Crippen LogP) is 1.23. The van der Waals surface area contributed by atoms with Crippen LogP contribution in [-0.4, -0.2) is 31.7 Å². The summed E-state index contributed by atoms with van der Waals surface area (Å²) in [6.07, 6.45) is 1.30. The van der Waals surface area contributed by atoms with Crippen molar-refractivity contribution in [3.63, 3.8) is 0 Å². The van der Waals surface area contributed by atoms with E-state index < -0.39 is 0 Å². The van der Waals surface area contributed by atoms with E-state index in [-0.39, 0.29) is 12.0 Å². The average molecular weight is 212 g/mol. The van der Waals surface area contributed by atoms with Gasteiger partial charge in [0.05, 0.1) is 0 Å². The second kappa shape index (κ2) is 6.27. The topological polar surface area (TPSA) is 87.1 Å². The SMILES string of the molecule is CC1CCOC1C(=O)NCCCN=[N+]=[N-]. The Morgan fingerprint density at radius 3 is 3.13 bits per heavy atom. The Hall–Kier alpha value is -1.26. The van der Waals surface area contributed by atoms with Gasteiger partial charge in [-0.1, -0.05) is 12.0 Å². The smallest absolute Gasteiger partial charge is 0.249 e. The number of nitrogens with zero attached hydrogens (tertiary/aromatic N) is 3. The summed E-state index contributed by atoms with van der Waals surface area (Å²) in [5.41, 5.74) is 8.03. The maximum atomic E-state index is 11.5. The molecule has 1 aliphatic heterocycles. The van der Waals surface area contributed by atoms with Crippen LogP contribution in [-0.2, 0) is 9.53 Å². The standard InChI is InChI=1S/C9H16N4O2/c1-7-3-6-15-8(7)9(14)11-4-2-5-12-13-10/h7-8H,2-6H2,1H3,(H,11,14). The molecule has 1 fully saturated rings. The molecule has 0 saturated carbocycles. The van der Waals surface area contributed by atoms with Gasteiger partial charge in [0, 0.05) is 24.6 Å². The van der Waals surface area contributed by atoms with Crippen molar-refractivity contribution in [2.24, 2.45) is 11.0 Å². The van der Waals surface area contributed by atoms with Crippen LogP contribution in [0.2, 0.25) is 0 Å². The Balaban J connectivity index is 2.15. The molecule has 0 spiro atoms. The van der Waals surface area contributed by atoms with Gasteiger partial charge in [-0.25, -0.2) is 0 Å². The van der Waals surface area contributed by atoms with E-state index in [9.17, 15) is 4.79 Å². The van der Waals surface area contributed by atoms with Crippen LogP contribution in [0.5, 0.6) is 0 Å². The van der Waals surface area contributed by atoms with Crippen molar-refractivity contribution >= 4 is 5.91 Å². The number of ether oxygens (including phenoxy) is 1. The molecule has 15 heavy (non-hydrogen) atoms. The summed E-state index contributed by atoms with van der Waals surface area (Å²) in [6, 6.07) is 0. The maximum Gasteiger partial charge on any atom is 0.249 e. The lowest BCUT2D eigenvalue weighted by molar-refractivity contribution is -0.131. The average Bonchev–Trinajstić information content (AvgIpc) is 2.64. The molecule has 0 radical (unpaired) electrons. The summed E-state index contributed by atoms with van der Waals surface area (Å²) in [5.74, 6) is 0.239. The van der Waals surface area contributed by atoms with Crippen molar-refractivity contribution in [2.75, 3.05) is 19.7 Å². The first-order chi connectivity index (χ1) is 7.25. The van der Waals surface area contributed by atoms with Crippen LogP contribution in [0.1, 0.15) is 19.8 Å². The van der Waals surface area contributed by atoms with Gasteiger partial charge in [0.25, 0.3) is 0 Å². The van der Waals surface area contributed by atoms with Crippen LogP contribution < -0.4 is 5.32 Å². The second-order valence-electron chi connectivity index (χ2n) is 3.66. The fourth-order valence-corrected chi connectivity index (χ4v) is 1.54. The van der Waals surface area contributed by atoms with E-state index in [4.69, 9.17) is 10.3 Å². The van der Waals surface area contributed by atoms with Gasteiger partial charge >= 0.3 is 0 Å². The Labute approximate surface area is 88.6 Å². The molecular weight excluding hydrogens is 196 g/mol. The first-order valence-corrected chi connectivity index (χ1v) is 5.16. The highest BCUT2D eigenvalue weighted by Crippen LogP contribution is 2.19. The van der Waals surface area contributed by atoms with Crippen molar-refractivity contribution in [1.82, 2.24) is 5.32 Å². The molecule has 0 aromatic carbocycles. The monoisotopic (exact) mass is 212 g/mol. The molecule has 0 aromatic heterocycles. The predicted molar refractivity (Wildman–Crippen MR) is 55.2 cm³/mol. The molecular formula is C9H16N4O2. The van der Waals surface area contributed by atoms with Gasteiger partial charge in [0.1, 0.15) is 6.10 Å². The van der Waals surface area contributed by atoms with Crippen LogP contribution in [0.4, 0.5) is 0 Å². The highest BCUT2D eigenvalue weighted by atomic mass is 16.5. The van der Waals surface area contributed by atoms with E-state index in [0.29, 0.717) is 32.0 Å². The van der Waals surface area contributed by atoms with E-state index in [1.54, 1.807) is 0 Å². The van der Waals surface area contributed by atoms with Crippen molar-refractivity contribution in [1.29, 1.82) is 0 Å². The molecule has 2 unspecified atom stereocenters. The Morgan fingerprint density at radius 1 is 1.73 bits per heavy atom. The number of azide groups is 1. The highest BCUT2D eigenvalue weighted by Gasteiger charge is 2.30. The van der Waals surface area contributed by atoms with E-state index in [1.165, 1.54) is 0 Å². The van der Waals surface area contributed by atoms with Gasteiger partial charge in [-0.15, -0.1) is 0 Å². The zero-order valence-electron chi connectivity index (χ0n) is 8.85. The van der Waals surface area contributed by atoms with E-state index in [2.05, 4.69) is 15.3 Å². The van der Waals surface area contributed by atoms with Gasteiger partial charge in [0.15, 0.2) is 0 Å². The molecule has 0 bridgehead atoms. The number of carbonyl (C=O) groups excluding carboxylic acids is 1. The molecule has 1 N–H and O–H groups in total. The minimum atomic E-state index is -0.301. The minimum absolute atomic E-state index is 0.0547. The number of nitrogens with one attached hydrogen (secondary N) is 1. The van der Waals surface area contributed by atoms with Crippen LogP contribution in [0.25, 0.3) is 10.4 Å². The number of rotatable bonds is 5. The van der Waals surface area contributed by atoms with Gasteiger partial charge < -0.3 is 10.1 Å². The Bertz CT molecular complexity index is 263. The molecule has 84 valence electrons. The van der Waals surface area contributed by atoms with Crippen LogP contribution in [0.3, 0.4) is 0 Å². The number of carbonyl (C=O) groups is 1. The largest absolute Gasteiger partial charge is 0.368 e. The fourth-order valence-electron chi connectivity index (χ4n) is 1.54. The summed E-state index contributed by atoms with van der Waals surface area (Å²) < 4.78 is 5.31. The van der Waals surface area contributed by atoms with Gasteiger partial charge in [-0.2, -0.15) is 0 Å². The zero-order chi connectivity index (χ0) is 11.1. The Kier molecular flexibility index (Phi) is 4.93. The summed E-state index contributed by atoms with van der Waals surface area (Å²) in [7, 11) is 0. The normalized spacial score (nSPS) is 24.6. The zero-order valence-corrected chi connectivity index (χ0v) is 8.85. The van der Waals surface area contributed by atoms with Crippen LogP contribution in [0, 0.1) is 5.92 Å². The third-order valence-electron chi connectivity index (χ3n) is 2.44. The summed E-state index contributed by atoms with van der Waals surface area (Å²) in [6.45, 7) is 3.62. The van der Waals surface area contributed by atoms with Gasteiger partial charge in [-0.05, 0) is 24.3 Å². The number of hydrogen-bond acceptors (Lipinski definition) is 3. The molecule has 2 atom stereocenters. The molecule has 1 heterocycles. The van der Waals surface area contributed by atoms with E-state index in [0.717, 1.165) is 6.42 Å². The summed E-state index contributed by atoms with van der Waals surface area (Å²) in [4.78, 5) is 14.2. The number of hydrogen-bond donors (Lipinski definition) is 1. The molecule has 0 aromatic rings. The quantitative estimate of drug-likeness (QED) is 0.321. The van der Waals surface area contributed by atoms with Gasteiger partial charge in [-0.3, -0.25) is 4.79 Å². The molecule has 0 aliphatic carbocycles. The lowest BCUT2D eigenvalue weighted by Gasteiger charge is -2.13.